The number of hydrogen-bond donors (Lipinski definition) is 1. The Morgan fingerprint density at radius 2 is 1.65 bits per heavy atom. The summed E-state index contributed by atoms with van der Waals surface area (Å²) in [6.07, 6.45) is 3.80. The Kier molecular flexibility index (Phi) is 5.74. The third kappa shape index (κ3) is 3.81. The molecule has 1 aliphatic carbocycles. The van der Waals surface area contributed by atoms with E-state index >= 15 is 0 Å². The number of fused-ring (bicyclic) bond motifs is 1. The van der Waals surface area contributed by atoms with Gasteiger partial charge >= 0.3 is 0 Å². The molecule has 3 rings (SSSR count). The maximum atomic E-state index is 12.5. The number of likely N-dealkylation sites (tertiary alicyclic amines) is 1. The lowest BCUT2D eigenvalue weighted by atomic mass is 9.81. The number of carbonyl (C=O) groups excluding carboxylic acids is 3. The van der Waals surface area contributed by atoms with Crippen molar-refractivity contribution in [1.82, 2.24) is 10.2 Å². The molecule has 1 N–H and O–H groups in total. The fraction of sp³-hybridized carbons (Fsp3) is 0.571. The lowest BCUT2D eigenvalue weighted by molar-refractivity contribution is -0.140. The average Bonchev–Trinajstić information content (AvgIpc) is 2.89. The van der Waals surface area contributed by atoms with Crippen LogP contribution in [0.1, 0.15) is 57.6 Å². The summed E-state index contributed by atoms with van der Waals surface area (Å²) in [5.41, 5.74) is 1.06. The number of benzene rings is 1. The van der Waals surface area contributed by atoms with Crippen LogP contribution in [0.3, 0.4) is 0 Å². The van der Waals surface area contributed by atoms with Crippen LogP contribution in [0.4, 0.5) is 0 Å². The number of nitrogens with one attached hydrogen (secondary N) is 1. The van der Waals surface area contributed by atoms with Crippen LogP contribution in [0.5, 0.6) is 0 Å². The third-order valence-corrected chi connectivity index (χ3v) is 5.64. The van der Waals surface area contributed by atoms with Crippen molar-refractivity contribution in [3.8, 4) is 0 Å². The number of hydrogen-bond acceptors (Lipinski definition) is 3. The molecule has 1 saturated heterocycles. The topological polar surface area (TPSA) is 66.5 Å². The first-order chi connectivity index (χ1) is 12.5. The van der Waals surface area contributed by atoms with Gasteiger partial charge in [-0.25, -0.2) is 0 Å². The second-order valence-electron chi connectivity index (χ2n) is 7.78. The van der Waals surface area contributed by atoms with E-state index in [1.165, 1.54) is 4.90 Å². The summed E-state index contributed by atoms with van der Waals surface area (Å²) in [7, 11) is 0. The SMILES string of the molecule is CC(C)[C@H](NC(=O)CCN1C(=O)[C@H]2CCCC[C@H]2C1=O)c1ccccc1. The first-order valence-corrected chi connectivity index (χ1v) is 9.68. The summed E-state index contributed by atoms with van der Waals surface area (Å²) in [4.78, 5) is 38.8. The predicted octanol–water partition coefficient (Wildman–Crippen LogP) is 3.07. The smallest absolute Gasteiger partial charge is 0.233 e. The summed E-state index contributed by atoms with van der Waals surface area (Å²) in [6, 6.07) is 9.80. The summed E-state index contributed by atoms with van der Waals surface area (Å²) in [5, 5.41) is 3.06. The van der Waals surface area contributed by atoms with Crippen LogP contribution in [0.2, 0.25) is 0 Å². The quantitative estimate of drug-likeness (QED) is 0.797. The Labute approximate surface area is 155 Å². The fourth-order valence-corrected chi connectivity index (χ4v) is 4.21. The predicted molar refractivity (Wildman–Crippen MR) is 98.9 cm³/mol. The molecule has 3 atom stereocenters. The molecule has 0 bridgehead atoms. The average molecular weight is 356 g/mol. The number of rotatable bonds is 6. The van der Waals surface area contributed by atoms with Crippen molar-refractivity contribution in [3.63, 3.8) is 0 Å². The van der Waals surface area contributed by atoms with Gasteiger partial charge in [0.1, 0.15) is 0 Å². The normalized spacial score (nSPS) is 23.9. The first kappa shape index (κ1) is 18.6. The number of imide groups is 1. The monoisotopic (exact) mass is 356 g/mol. The summed E-state index contributed by atoms with van der Waals surface area (Å²) in [6.45, 7) is 4.32. The van der Waals surface area contributed by atoms with Crippen LogP contribution < -0.4 is 5.32 Å². The van der Waals surface area contributed by atoms with Crippen molar-refractivity contribution < 1.29 is 14.4 Å². The highest BCUT2D eigenvalue weighted by Crippen LogP contribution is 2.38. The highest BCUT2D eigenvalue weighted by atomic mass is 16.2. The lowest BCUT2D eigenvalue weighted by Gasteiger charge is -2.23. The van der Waals surface area contributed by atoms with Gasteiger partial charge in [0, 0.05) is 13.0 Å². The largest absolute Gasteiger partial charge is 0.349 e. The second-order valence-corrected chi connectivity index (χ2v) is 7.78. The van der Waals surface area contributed by atoms with Gasteiger partial charge in [-0.2, -0.15) is 0 Å². The van der Waals surface area contributed by atoms with Crippen LogP contribution in [0, 0.1) is 17.8 Å². The molecule has 2 fully saturated rings. The summed E-state index contributed by atoms with van der Waals surface area (Å²) < 4.78 is 0. The van der Waals surface area contributed by atoms with E-state index in [9.17, 15) is 14.4 Å². The maximum absolute atomic E-state index is 12.5. The molecule has 26 heavy (non-hydrogen) atoms. The molecule has 3 amide bonds. The molecular weight excluding hydrogens is 328 g/mol. The lowest BCUT2D eigenvalue weighted by Crippen LogP contribution is -2.37. The highest BCUT2D eigenvalue weighted by Gasteiger charge is 2.47. The Balaban J connectivity index is 1.58. The van der Waals surface area contributed by atoms with Crippen LogP contribution >= 0.6 is 0 Å². The summed E-state index contributed by atoms with van der Waals surface area (Å²) >= 11 is 0. The number of carbonyl (C=O) groups is 3. The molecule has 1 aliphatic heterocycles. The molecule has 1 saturated carbocycles. The molecular formula is C21H28N2O3. The zero-order chi connectivity index (χ0) is 18.7. The van der Waals surface area contributed by atoms with Crippen LogP contribution in [-0.4, -0.2) is 29.2 Å². The van der Waals surface area contributed by atoms with Crippen LogP contribution in [-0.2, 0) is 14.4 Å². The van der Waals surface area contributed by atoms with E-state index in [1.807, 2.05) is 30.3 Å². The van der Waals surface area contributed by atoms with E-state index < -0.39 is 0 Å². The van der Waals surface area contributed by atoms with Crippen molar-refractivity contribution in [2.75, 3.05) is 6.54 Å². The van der Waals surface area contributed by atoms with Crippen molar-refractivity contribution >= 4 is 17.7 Å². The van der Waals surface area contributed by atoms with E-state index in [4.69, 9.17) is 0 Å². The van der Waals surface area contributed by atoms with Gasteiger partial charge in [-0.3, -0.25) is 19.3 Å². The Hall–Kier alpha value is -2.17. The van der Waals surface area contributed by atoms with Crippen molar-refractivity contribution in [1.29, 1.82) is 0 Å². The molecule has 1 heterocycles. The van der Waals surface area contributed by atoms with Crippen LogP contribution in [0.15, 0.2) is 30.3 Å². The molecule has 140 valence electrons. The molecule has 0 radical (unpaired) electrons. The van der Waals surface area contributed by atoms with Crippen LogP contribution in [0.25, 0.3) is 0 Å². The minimum atomic E-state index is -0.146. The molecule has 1 aromatic carbocycles. The maximum Gasteiger partial charge on any atom is 0.233 e. The van der Waals surface area contributed by atoms with E-state index in [-0.39, 0.29) is 54.5 Å². The summed E-state index contributed by atoms with van der Waals surface area (Å²) in [5.74, 6) is -0.312. The molecule has 5 heteroatoms. The molecule has 0 spiro atoms. The minimum absolute atomic E-state index is 0.0729. The zero-order valence-corrected chi connectivity index (χ0v) is 15.6. The van der Waals surface area contributed by atoms with Gasteiger partial charge in [-0.05, 0) is 24.3 Å². The molecule has 0 unspecified atom stereocenters. The van der Waals surface area contributed by atoms with E-state index in [2.05, 4.69) is 19.2 Å². The Morgan fingerprint density at radius 1 is 1.08 bits per heavy atom. The van der Waals surface area contributed by atoms with E-state index in [1.54, 1.807) is 0 Å². The van der Waals surface area contributed by atoms with Gasteiger partial charge in [0.2, 0.25) is 17.7 Å². The molecule has 5 nitrogen and oxygen atoms in total. The number of nitrogens with zero attached hydrogens (tertiary/aromatic N) is 1. The van der Waals surface area contributed by atoms with Gasteiger partial charge in [0.15, 0.2) is 0 Å². The van der Waals surface area contributed by atoms with Gasteiger partial charge < -0.3 is 5.32 Å². The van der Waals surface area contributed by atoms with Gasteiger partial charge in [0.25, 0.3) is 0 Å². The fourth-order valence-electron chi connectivity index (χ4n) is 4.21. The van der Waals surface area contributed by atoms with Crippen molar-refractivity contribution in [2.24, 2.45) is 17.8 Å². The van der Waals surface area contributed by atoms with Gasteiger partial charge in [-0.1, -0.05) is 57.0 Å². The Morgan fingerprint density at radius 3 is 2.19 bits per heavy atom. The zero-order valence-electron chi connectivity index (χ0n) is 15.6. The van der Waals surface area contributed by atoms with E-state index in [0.717, 1.165) is 31.2 Å². The van der Waals surface area contributed by atoms with E-state index in [0.29, 0.717) is 0 Å². The van der Waals surface area contributed by atoms with Crippen molar-refractivity contribution in [2.45, 2.75) is 52.0 Å². The highest BCUT2D eigenvalue weighted by molar-refractivity contribution is 6.05. The standard InChI is InChI=1S/C21H28N2O3/c1-14(2)19(15-8-4-3-5-9-15)22-18(24)12-13-23-20(25)16-10-6-7-11-17(16)21(23)26/h3-5,8-9,14,16-17,19H,6-7,10-13H2,1-2H3,(H,22,24)/t16-,17+,19-/m0/s1. The minimum Gasteiger partial charge on any atom is -0.349 e. The second kappa shape index (κ2) is 8.02. The molecule has 0 aromatic heterocycles. The Bertz CT molecular complexity index is 647. The van der Waals surface area contributed by atoms with Gasteiger partial charge in [0.05, 0.1) is 17.9 Å². The van der Waals surface area contributed by atoms with Gasteiger partial charge in [-0.15, -0.1) is 0 Å². The first-order valence-electron chi connectivity index (χ1n) is 9.68. The molecule has 1 aromatic rings. The third-order valence-electron chi connectivity index (χ3n) is 5.64. The number of amides is 3. The molecule has 2 aliphatic rings. The van der Waals surface area contributed by atoms with Crippen molar-refractivity contribution in [3.05, 3.63) is 35.9 Å².